The fourth-order valence-corrected chi connectivity index (χ4v) is 4.22. The number of fused-ring (bicyclic) bond motifs is 3. The molecule has 7 heteroatoms. The predicted molar refractivity (Wildman–Crippen MR) is 127 cm³/mol. The fourth-order valence-electron chi connectivity index (χ4n) is 4.22. The minimum Gasteiger partial charge on any atom is -0.480 e. The smallest absolute Gasteiger partial charge is 0.407 e. The van der Waals surface area contributed by atoms with Crippen LogP contribution in [0.15, 0.2) is 78.9 Å². The lowest BCUT2D eigenvalue weighted by atomic mass is 9.98. The third-order valence-corrected chi connectivity index (χ3v) is 5.96. The summed E-state index contributed by atoms with van der Waals surface area (Å²) in [5.74, 6) is -1.85. The summed E-state index contributed by atoms with van der Waals surface area (Å²) in [6.07, 6.45) is -0.538. The minimum absolute atomic E-state index is 0.105. The molecule has 2 amide bonds. The van der Waals surface area contributed by atoms with Gasteiger partial charge in [-0.15, -0.1) is 0 Å². The van der Waals surface area contributed by atoms with Crippen LogP contribution in [0.3, 0.4) is 0 Å². The van der Waals surface area contributed by atoms with Crippen molar-refractivity contribution in [3.05, 3.63) is 95.6 Å². The summed E-state index contributed by atoms with van der Waals surface area (Å²) in [7, 11) is 0. The van der Waals surface area contributed by atoms with Crippen LogP contribution >= 0.6 is 0 Å². The molecule has 1 aliphatic rings. The molecule has 4 rings (SSSR count). The topological polar surface area (TPSA) is 105 Å². The Morgan fingerprint density at radius 1 is 0.853 bits per heavy atom. The highest BCUT2D eigenvalue weighted by atomic mass is 16.5. The van der Waals surface area contributed by atoms with Crippen molar-refractivity contribution in [1.29, 1.82) is 0 Å². The van der Waals surface area contributed by atoms with Gasteiger partial charge in [0.05, 0.1) is 0 Å². The van der Waals surface area contributed by atoms with E-state index in [0.717, 1.165) is 27.8 Å². The molecule has 2 unspecified atom stereocenters. The molecule has 174 valence electrons. The van der Waals surface area contributed by atoms with Gasteiger partial charge in [-0.05, 0) is 34.7 Å². The molecule has 0 aliphatic heterocycles. The van der Waals surface area contributed by atoms with Crippen molar-refractivity contribution in [1.82, 2.24) is 10.6 Å². The van der Waals surface area contributed by atoms with Gasteiger partial charge in [-0.3, -0.25) is 9.59 Å². The van der Waals surface area contributed by atoms with Crippen molar-refractivity contribution in [3.8, 4) is 11.1 Å². The Kier molecular flexibility index (Phi) is 6.92. The third-order valence-electron chi connectivity index (χ3n) is 5.96. The molecule has 0 saturated heterocycles. The zero-order valence-electron chi connectivity index (χ0n) is 18.7. The molecular weight excluding hydrogens is 432 g/mol. The Balaban J connectivity index is 1.45. The van der Waals surface area contributed by atoms with E-state index in [1.807, 2.05) is 66.7 Å². The number of carbonyl (C=O) groups excluding carboxylic acids is 2. The summed E-state index contributed by atoms with van der Waals surface area (Å²) in [6.45, 7) is 1.48. The lowest BCUT2D eigenvalue weighted by Crippen LogP contribution is -2.51. The number of carboxylic acids is 1. The maximum absolute atomic E-state index is 12.7. The summed E-state index contributed by atoms with van der Waals surface area (Å²) in [5.41, 5.74) is 5.24. The van der Waals surface area contributed by atoms with E-state index < -0.39 is 30.1 Å². The van der Waals surface area contributed by atoms with Gasteiger partial charge < -0.3 is 20.5 Å². The van der Waals surface area contributed by atoms with E-state index in [1.165, 1.54) is 6.92 Å². The second-order valence-corrected chi connectivity index (χ2v) is 8.28. The number of benzene rings is 3. The zero-order valence-corrected chi connectivity index (χ0v) is 18.7. The van der Waals surface area contributed by atoms with Gasteiger partial charge in [0, 0.05) is 12.3 Å². The first-order valence-electron chi connectivity index (χ1n) is 11.1. The van der Waals surface area contributed by atoms with Crippen molar-refractivity contribution >= 4 is 18.0 Å². The van der Waals surface area contributed by atoms with Gasteiger partial charge in [0.1, 0.15) is 18.7 Å². The van der Waals surface area contributed by atoms with Crippen LogP contribution in [0.25, 0.3) is 11.1 Å². The Hall–Kier alpha value is -4.13. The number of carboxylic acid groups (broad SMARTS) is 1. The second-order valence-electron chi connectivity index (χ2n) is 8.28. The maximum Gasteiger partial charge on any atom is 0.407 e. The molecular formula is C27H26N2O5. The number of amides is 2. The van der Waals surface area contributed by atoms with Crippen LogP contribution in [0.5, 0.6) is 0 Å². The summed E-state index contributed by atoms with van der Waals surface area (Å²) in [4.78, 5) is 36.6. The molecule has 0 fully saturated rings. The van der Waals surface area contributed by atoms with Crippen molar-refractivity contribution in [2.24, 2.45) is 0 Å². The van der Waals surface area contributed by atoms with Crippen molar-refractivity contribution in [3.63, 3.8) is 0 Å². The van der Waals surface area contributed by atoms with E-state index in [9.17, 15) is 14.4 Å². The largest absolute Gasteiger partial charge is 0.480 e. The number of aliphatic carboxylic acids is 1. The first-order valence-corrected chi connectivity index (χ1v) is 11.1. The van der Waals surface area contributed by atoms with Gasteiger partial charge in [-0.2, -0.15) is 0 Å². The van der Waals surface area contributed by atoms with Crippen LogP contribution in [0.2, 0.25) is 0 Å². The monoisotopic (exact) mass is 458 g/mol. The minimum atomic E-state index is -1.16. The fraction of sp³-hybridized carbons (Fsp3) is 0.222. The summed E-state index contributed by atoms with van der Waals surface area (Å²) < 4.78 is 5.56. The molecule has 3 aromatic carbocycles. The van der Waals surface area contributed by atoms with Gasteiger partial charge in [-0.1, -0.05) is 78.9 Å². The first kappa shape index (κ1) is 23.0. The number of carbonyl (C=O) groups is 3. The Morgan fingerprint density at radius 3 is 2.00 bits per heavy atom. The van der Waals surface area contributed by atoms with Crippen LogP contribution in [-0.4, -0.2) is 41.8 Å². The quantitative estimate of drug-likeness (QED) is 0.477. The van der Waals surface area contributed by atoms with Gasteiger partial charge >= 0.3 is 12.1 Å². The zero-order chi connectivity index (χ0) is 24.1. The standard InChI is InChI=1S/C27H26N2O5/c1-17(26(31)32)28-25(30)24(15-18-9-3-2-4-10-18)29-27(33)34-16-23-21-13-7-5-11-19(21)20-12-6-8-14-22(20)23/h2-14,17,23-24H,15-16H2,1H3,(H,28,30)(H,29,33)(H,31,32). The molecule has 3 N–H and O–H groups in total. The van der Waals surface area contributed by atoms with E-state index in [-0.39, 0.29) is 18.9 Å². The van der Waals surface area contributed by atoms with E-state index >= 15 is 0 Å². The van der Waals surface area contributed by atoms with E-state index in [2.05, 4.69) is 22.8 Å². The first-order chi connectivity index (χ1) is 16.4. The molecule has 1 aliphatic carbocycles. The van der Waals surface area contributed by atoms with Gasteiger partial charge in [-0.25, -0.2) is 4.79 Å². The average Bonchev–Trinajstić information content (AvgIpc) is 3.16. The molecule has 0 heterocycles. The van der Waals surface area contributed by atoms with E-state index in [4.69, 9.17) is 9.84 Å². The summed E-state index contributed by atoms with van der Waals surface area (Å²) in [6, 6.07) is 23.2. The molecule has 0 spiro atoms. The lowest BCUT2D eigenvalue weighted by molar-refractivity contribution is -0.141. The number of ether oxygens (including phenoxy) is 1. The number of hydrogen-bond donors (Lipinski definition) is 3. The van der Waals surface area contributed by atoms with Crippen LogP contribution in [0, 0.1) is 0 Å². The number of rotatable bonds is 8. The molecule has 34 heavy (non-hydrogen) atoms. The Morgan fingerprint density at radius 2 is 1.41 bits per heavy atom. The predicted octanol–water partition coefficient (Wildman–Crippen LogP) is 3.73. The SMILES string of the molecule is CC(NC(=O)C(Cc1ccccc1)NC(=O)OCC1c2ccccc2-c2ccccc21)C(=O)O. The Labute approximate surface area is 197 Å². The van der Waals surface area contributed by atoms with Crippen LogP contribution in [0.4, 0.5) is 4.79 Å². The Bertz CT molecular complexity index is 1150. The highest BCUT2D eigenvalue weighted by Gasteiger charge is 2.30. The summed E-state index contributed by atoms with van der Waals surface area (Å²) >= 11 is 0. The van der Waals surface area contributed by atoms with Crippen molar-refractivity contribution in [2.45, 2.75) is 31.3 Å². The molecule has 3 aromatic rings. The maximum atomic E-state index is 12.7. The normalized spacial score (nSPS) is 13.8. The van der Waals surface area contributed by atoms with E-state index in [0.29, 0.717) is 0 Å². The molecule has 0 aromatic heterocycles. The number of alkyl carbamates (subject to hydrolysis) is 1. The number of hydrogen-bond acceptors (Lipinski definition) is 4. The molecule has 0 saturated carbocycles. The lowest BCUT2D eigenvalue weighted by Gasteiger charge is -2.21. The van der Waals surface area contributed by atoms with Gasteiger partial charge in [0.15, 0.2) is 0 Å². The molecule has 0 bridgehead atoms. The van der Waals surface area contributed by atoms with Gasteiger partial charge in [0.25, 0.3) is 0 Å². The second kappa shape index (κ2) is 10.2. The molecule has 0 radical (unpaired) electrons. The third kappa shape index (κ3) is 5.09. The van der Waals surface area contributed by atoms with E-state index in [1.54, 1.807) is 0 Å². The highest BCUT2D eigenvalue weighted by molar-refractivity contribution is 5.89. The average molecular weight is 459 g/mol. The summed E-state index contributed by atoms with van der Waals surface area (Å²) in [5, 5.41) is 14.2. The van der Waals surface area contributed by atoms with Crippen LogP contribution in [-0.2, 0) is 20.7 Å². The molecule has 7 nitrogen and oxygen atoms in total. The number of nitrogens with one attached hydrogen (secondary N) is 2. The highest BCUT2D eigenvalue weighted by Crippen LogP contribution is 2.44. The molecule has 2 atom stereocenters. The van der Waals surface area contributed by atoms with Crippen molar-refractivity contribution in [2.75, 3.05) is 6.61 Å². The van der Waals surface area contributed by atoms with Gasteiger partial charge in [0.2, 0.25) is 5.91 Å². The van der Waals surface area contributed by atoms with Crippen LogP contribution < -0.4 is 10.6 Å². The van der Waals surface area contributed by atoms with Crippen LogP contribution in [0.1, 0.15) is 29.5 Å². The van der Waals surface area contributed by atoms with Crippen molar-refractivity contribution < 1.29 is 24.2 Å².